The van der Waals surface area contributed by atoms with Crippen LogP contribution in [-0.4, -0.2) is 13.1 Å². The zero-order valence-corrected chi connectivity index (χ0v) is 15.2. The van der Waals surface area contributed by atoms with Crippen molar-refractivity contribution in [3.63, 3.8) is 0 Å². The topological polar surface area (TPSA) is 26.3 Å². The maximum atomic E-state index is 11.5. The molecule has 0 amide bonds. The first-order valence-electron chi connectivity index (χ1n) is 9.02. The number of rotatable bonds is 7. The zero-order valence-electron chi connectivity index (χ0n) is 15.2. The largest absolute Gasteiger partial charge is 0.465 e. The average Bonchev–Trinajstić information content (AvgIpc) is 2.67. The van der Waals surface area contributed by atoms with Gasteiger partial charge in [0.25, 0.3) is 0 Å². The van der Waals surface area contributed by atoms with Gasteiger partial charge in [-0.2, -0.15) is 0 Å². The molecule has 0 atom stereocenters. The highest BCUT2D eigenvalue weighted by atomic mass is 16.5. The van der Waals surface area contributed by atoms with E-state index in [0.717, 1.165) is 23.1 Å². The van der Waals surface area contributed by atoms with Gasteiger partial charge >= 0.3 is 5.97 Å². The highest BCUT2D eigenvalue weighted by Crippen LogP contribution is 2.20. The van der Waals surface area contributed by atoms with E-state index in [2.05, 4.69) is 30.9 Å². The van der Waals surface area contributed by atoms with Crippen molar-refractivity contribution in [3.05, 3.63) is 59.7 Å². The van der Waals surface area contributed by atoms with Crippen LogP contribution in [-0.2, 0) is 4.74 Å². The number of benzene rings is 2. The van der Waals surface area contributed by atoms with E-state index in [1.165, 1.54) is 39.2 Å². The summed E-state index contributed by atoms with van der Waals surface area (Å²) in [6, 6.07) is 15.7. The first kappa shape index (κ1) is 18.8. The van der Waals surface area contributed by atoms with Gasteiger partial charge < -0.3 is 4.74 Å². The molecule has 2 nitrogen and oxygen atoms in total. The zero-order chi connectivity index (χ0) is 17.9. The minimum absolute atomic E-state index is 0.313. The Hall–Kier alpha value is -2.53. The summed E-state index contributed by atoms with van der Waals surface area (Å²) >= 11 is 0. The van der Waals surface area contributed by atoms with E-state index in [9.17, 15) is 4.79 Å². The normalized spacial score (nSPS) is 10.0. The number of ether oxygens (including phenoxy) is 1. The summed E-state index contributed by atoms with van der Waals surface area (Å²) in [7, 11) is 1.39. The van der Waals surface area contributed by atoms with Crippen LogP contribution in [0.4, 0.5) is 0 Å². The molecule has 2 rings (SSSR count). The van der Waals surface area contributed by atoms with Crippen molar-refractivity contribution < 1.29 is 9.53 Å². The number of hydrogen-bond donors (Lipinski definition) is 0. The molecule has 2 aromatic rings. The molecule has 0 fully saturated rings. The molecule has 0 bridgehead atoms. The Morgan fingerprint density at radius 2 is 1.48 bits per heavy atom. The third-order valence-corrected chi connectivity index (χ3v) is 4.16. The Labute approximate surface area is 151 Å². The van der Waals surface area contributed by atoms with E-state index in [1.54, 1.807) is 12.1 Å². The third-order valence-electron chi connectivity index (χ3n) is 4.16. The lowest BCUT2D eigenvalue weighted by atomic mass is 10.0. The van der Waals surface area contributed by atoms with Gasteiger partial charge in [-0.05, 0) is 41.8 Å². The maximum Gasteiger partial charge on any atom is 0.337 e. The van der Waals surface area contributed by atoms with Gasteiger partial charge in [-0.1, -0.05) is 68.7 Å². The van der Waals surface area contributed by atoms with Crippen LogP contribution in [0.1, 0.15) is 61.4 Å². The molecule has 25 heavy (non-hydrogen) atoms. The molecule has 2 aromatic carbocycles. The van der Waals surface area contributed by atoms with Gasteiger partial charge in [0.05, 0.1) is 12.7 Å². The van der Waals surface area contributed by atoms with Crippen molar-refractivity contribution in [2.24, 2.45) is 0 Å². The van der Waals surface area contributed by atoms with Crippen molar-refractivity contribution in [1.29, 1.82) is 0 Å². The van der Waals surface area contributed by atoms with E-state index in [-0.39, 0.29) is 5.97 Å². The molecule has 0 heterocycles. The first-order chi connectivity index (χ1) is 12.2. The standard InChI is InChI=1S/C23H26O2/c1-3-4-5-6-7-8-9-10-19-11-13-20(14-12-19)21-15-17-22(18-16-21)23(24)25-2/h11-18H,3-8H2,1-2H3. The van der Waals surface area contributed by atoms with Gasteiger partial charge in [0.15, 0.2) is 0 Å². The summed E-state index contributed by atoms with van der Waals surface area (Å²) in [5.41, 5.74) is 3.79. The molecule has 0 aliphatic rings. The van der Waals surface area contributed by atoms with Crippen LogP contribution in [0.5, 0.6) is 0 Å². The van der Waals surface area contributed by atoms with E-state index in [1.807, 2.05) is 24.3 Å². The van der Waals surface area contributed by atoms with E-state index in [4.69, 9.17) is 4.74 Å². The predicted octanol–water partition coefficient (Wildman–Crippen LogP) is 5.85. The summed E-state index contributed by atoms with van der Waals surface area (Å²) in [5, 5.41) is 0. The number of unbranched alkanes of at least 4 members (excludes halogenated alkanes) is 5. The summed E-state index contributed by atoms with van der Waals surface area (Å²) in [6.45, 7) is 2.23. The second kappa shape index (κ2) is 10.4. The van der Waals surface area contributed by atoms with Crippen LogP contribution in [0.3, 0.4) is 0 Å². The minimum Gasteiger partial charge on any atom is -0.465 e. The fourth-order valence-corrected chi connectivity index (χ4v) is 2.64. The SMILES string of the molecule is CCCCCCCC#Cc1ccc(-c2ccc(C(=O)OC)cc2)cc1. The van der Waals surface area contributed by atoms with Crippen LogP contribution in [0.25, 0.3) is 11.1 Å². The van der Waals surface area contributed by atoms with E-state index >= 15 is 0 Å². The van der Waals surface area contributed by atoms with Crippen molar-refractivity contribution in [2.45, 2.75) is 45.4 Å². The molecule has 0 radical (unpaired) electrons. The number of hydrogen-bond acceptors (Lipinski definition) is 2. The quantitative estimate of drug-likeness (QED) is 0.360. The van der Waals surface area contributed by atoms with Gasteiger partial charge in [-0.3, -0.25) is 0 Å². The van der Waals surface area contributed by atoms with Crippen molar-refractivity contribution in [3.8, 4) is 23.0 Å². The van der Waals surface area contributed by atoms with Crippen molar-refractivity contribution in [2.75, 3.05) is 7.11 Å². The lowest BCUT2D eigenvalue weighted by molar-refractivity contribution is 0.0601. The summed E-state index contributed by atoms with van der Waals surface area (Å²) in [4.78, 5) is 11.5. The molecule has 0 N–H and O–H groups in total. The number of carbonyl (C=O) groups is 1. The van der Waals surface area contributed by atoms with Crippen molar-refractivity contribution in [1.82, 2.24) is 0 Å². The van der Waals surface area contributed by atoms with Gasteiger partial charge in [-0.15, -0.1) is 0 Å². The summed E-state index contributed by atoms with van der Waals surface area (Å²) < 4.78 is 4.72. The molecular formula is C23H26O2. The fraction of sp³-hybridized carbons (Fsp3) is 0.348. The minimum atomic E-state index is -0.313. The van der Waals surface area contributed by atoms with Gasteiger partial charge in [0.1, 0.15) is 0 Å². The number of methoxy groups -OCH3 is 1. The molecule has 130 valence electrons. The van der Waals surface area contributed by atoms with Gasteiger partial charge in [-0.25, -0.2) is 4.79 Å². The average molecular weight is 334 g/mol. The highest BCUT2D eigenvalue weighted by Gasteiger charge is 2.05. The molecular weight excluding hydrogens is 308 g/mol. The first-order valence-corrected chi connectivity index (χ1v) is 9.02. The Morgan fingerprint density at radius 3 is 2.08 bits per heavy atom. The smallest absolute Gasteiger partial charge is 0.337 e. The predicted molar refractivity (Wildman–Crippen MR) is 103 cm³/mol. The molecule has 0 aromatic heterocycles. The van der Waals surface area contributed by atoms with E-state index < -0.39 is 0 Å². The molecule has 0 saturated heterocycles. The van der Waals surface area contributed by atoms with E-state index in [0.29, 0.717) is 5.56 Å². The van der Waals surface area contributed by atoms with Crippen molar-refractivity contribution >= 4 is 5.97 Å². The number of esters is 1. The molecule has 0 aliphatic heterocycles. The van der Waals surface area contributed by atoms with Gasteiger partial charge in [0.2, 0.25) is 0 Å². The molecule has 0 aliphatic carbocycles. The number of carbonyl (C=O) groups excluding carboxylic acids is 1. The van der Waals surface area contributed by atoms with Crippen LogP contribution in [0.2, 0.25) is 0 Å². The van der Waals surface area contributed by atoms with Gasteiger partial charge in [0, 0.05) is 12.0 Å². The molecule has 0 unspecified atom stereocenters. The van der Waals surface area contributed by atoms with Crippen LogP contribution in [0.15, 0.2) is 48.5 Å². The second-order valence-electron chi connectivity index (χ2n) is 6.11. The molecule has 2 heteroatoms. The maximum absolute atomic E-state index is 11.5. The fourth-order valence-electron chi connectivity index (χ4n) is 2.64. The monoisotopic (exact) mass is 334 g/mol. The molecule has 0 spiro atoms. The molecule has 0 saturated carbocycles. The summed E-state index contributed by atoms with van der Waals surface area (Å²) in [6.07, 6.45) is 7.38. The Morgan fingerprint density at radius 1 is 0.880 bits per heavy atom. The van der Waals surface area contributed by atoms with Crippen LogP contribution >= 0.6 is 0 Å². The lowest BCUT2D eigenvalue weighted by Crippen LogP contribution is -2.00. The third kappa shape index (κ3) is 6.12. The highest BCUT2D eigenvalue weighted by molar-refractivity contribution is 5.89. The van der Waals surface area contributed by atoms with Crippen LogP contribution in [0, 0.1) is 11.8 Å². The summed E-state index contributed by atoms with van der Waals surface area (Å²) in [5.74, 6) is 6.18. The lowest BCUT2D eigenvalue weighted by Gasteiger charge is -2.04. The second-order valence-corrected chi connectivity index (χ2v) is 6.11. The Balaban J connectivity index is 1.90. The Kier molecular flexibility index (Phi) is 7.79. The van der Waals surface area contributed by atoms with Crippen LogP contribution < -0.4 is 0 Å². The Bertz CT molecular complexity index is 715.